The third kappa shape index (κ3) is 5.01. The van der Waals surface area contributed by atoms with Gasteiger partial charge in [0, 0.05) is 24.2 Å². The van der Waals surface area contributed by atoms with Crippen LogP contribution < -0.4 is 0 Å². The first kappa shape index (κ1) is 21.6. The Morgan fingerprint density at radius 3 is 2.58 bits per heavy atom. The second-order valence-corrected chi connectivity index (χ2v) is 9.50. The number of Topliss-reactive ketones (excluding diaryl/α,β-unsaturated/α-hetero) is 1. The first-order valence-electron chi connectivity index (χ1n) is 9.37. The maximum Gasteiger partial charge on any atom is 0.277 e. The van der Waals surface area contributed by atoms with Gasteiger partial charge in [0.05, 0.1) is 23.9 Å². The summed E-state index contributed by atoms with van der Waals surface area (Å²) in [4.78, 5) is 12.3. The highest BCUT2D eigenvalue weighted by atomic mass is 32.2. The highest BCUT2D eigenvalue weighted by Crippen LogP contribution is 2.27. The van der Waals surface area contributed by atoms with E-state index in [0.717, 1.165) is 11.8 Å². The monoisotopic (exact) mass is 463 g/mol. The zero-order valence-electron chi connectivity index (χ0n) is 16.2. The van der Waals surface area contributed by atoms with Crippen molar-refractivity contribution in [2.24, 2.45) is 0 Å². The smallest absolute Gasteiger partial charge is 0.277 e. The molecule has 0 spiro atoms. The number of ether oxygens (including phenoxy) is 1. The Labute approximate surface area is 182 Å². The molecule has 0 bridgehead atoms. The molecule has 2 aromatic carbocycles. The Bertz CT molecular complexity index is 1180. The van der Waals surface area contributed by atoms with Crippen LogP contribution in [0.15, 0.2) is 63.1 Å². The molecule has 162 valence electrons. The average Bonchev–Trinajstić information content (AvgIpc) is 3.28. The third-order valence-corrected chi connectivity index (χ3v) is 7.30. The van der Waals surface area contributed by atoms with Crippen LogP contribution >= 0.6 is 11.8 Å². The van der Waals surface area contributed by atoms with E-state index in [1.54, 1.807) is 12.1 Å². The molecule has 0 aliphatic carbocycles. The molecule has 0 unspecified atom stereocenters. The SMILES string of the molecule is O=C(CSc1nnc(-c2cccc(S(=O)(=O)N3CCOCC3)c2)o1)c1ccc(F)cc1. The molecule has 2 heterocycles. The lowest BCUT2D eigenvalue weighted by Crippen LogP contribution is -2.40. The fraction of sp³-hybridized carbons (Fsp3) is 0.250. The Balaban J connectivity index is 1.46. The van der Waals surface area contributed by atoms with E-state index in [-0.39, 0.29) is 27.5 Å². The predicted octanol–water partition coefficient (Wildman–Crippen LogP) is 2.87. The number of hydrogen-bond donors (Lipinski definition) is 0. The Kier molecular flexibility index (Phi) is 6.46. The number of halogens is 1. The molecule has 0 atom stereocenters. The van der Waals surface area contributed by atoms with E-state index in [1.807, 2.05) is 0 Å². The van der Waals surface area contributed by atoms with Crippen molar-refractivity contribution in [2.75, 3.05) is 32.1 Å². The fourth-order valence-corrected chi connectivity index (χ4v) is 5.07. The summed E-state index contributed by atoms with van der Waals surface area (Å²) in [6.07, 6.45) is 0. The largest absolute Gasteiger partial charge is 0.411 e. The van der Waals surface area contributed by atoms with Gasteiger partial charge in [0.1, 0.15) is 5.82 Å². The lowest BCUT2D eigenvalue weighted by Gasteiger charge is -2.26. The van der Waals surface area contributed by atoms with Crippen molar-refractivity contribution in [2.45, 2.75) is 10.1 Å². The highest BCUT2D eigenvalue weighted by molar-refractivity contribution is 7.99. The molecular formula is C20H18FN3O5S2. The maximum atomic E-state index is 13.0. The van der Waals surface area contributed by atoms with Gasteiger partial charge in [-0.1, -0.05) is 17.8 Å². The van der Waals surface area contributed by atoms with E-state index >= 15 is 0 Å². The summed E-state index contributed by atoms with van der Waals surface area (Å²) in [6.45, 7) is 1.32. The number of ketones is 1. The number of carbonyl (C=O) groups is 1. The van der Waals surface area contributed by atoms with Crippen molar-refractivity contribution < 1.29 is 26.8 Å². The maximum absolute atomic E-state index is 13.0. The second kappa shape index (κ2) is 9.27. The molecule has 0 amide bonds. The summed E-state index contributed by atoms with van der Waals surface area (Å²) in [6, 6.07) is 11.6. The number of rotatable bonds is 7. The van der Waals surface area contributed by atoms with E-state index in [4.69, 9.17) is 9.15 Å². The molecule has 1 aromatic heterocycles. The molecule has 1 saturated heterocycles. The molecule has 0 saturated carbocycles. The van der Waals surface area contributed by atoms with Crippen LogP contribution in [0.25, 0.3) is 11.5 Å². The summed E-state index contributed by atoms with van der Waals surface area (Å²) in [5, 5.41) is 8.04. The van der Waals surface area contributed by atoms with Crippen molar-refractivity contribution in [1.82, 2.24) is 14.5 Å². The van der Waals surface area contributed by atoms with Gasteiger partial charge in [-0.3, -0.25) is 4.79 Å². The van der Waals surface area contributed by atoms with Crippen LogP contribution in [0.5, 0.6) is 0 Å². The minimum absolute atomic E-state index is 0.0404. The second-order valence-electron chi connectivity index (χ2n) is 6.64. The first-order chi connectivity index (χ1) is 14.9. The van der Waals surface area contributed by atoms with Gasteiger partial charge in [-0.25, -0.2) is 12.8 Å². The predicted molar refractivity (Wildman–Crippen MR) is 111 cm³/mol. The molecular weight excluding hydrogens is 445 g/mol. The number of thioether (sulfide) groups is 1. The Hall–Kier alpha value is -2.60. The van der Waals surface area contributed by atoms with Crippen LogP contribution in [0.1, 0.15) is 10.4 Å². The van der Waals surface area contributed by atoms with Gasteiger partial charge in [-0.05, 0) is 42.5 Å². The molecule has 8 nitrogen and oxygen atoms in total. The van der Waals surface area contributed by atoms with Crippen LogP contribution in [0.4, 0.5) is 4.39 Å². The zero-order valence-corrected chi connectivity index (χ0v) is 17.9. The van der Waals surface area contributed by atoms with Crippen molar-refractivity contribution >= 4 is 27.6 Å². The standard InChI is InChI=1S/C20H18FN3O5S2/c21-16-6-4-14(5-7-16)18(25)13-30-20-23-22-19(29-20)15-2-1-3-17(12-15)31(26,27)24-8-10-28-11-9-24/h1-7,12H,8-11,13H2. The number of benzene rings is 2. The van der Waals surface area contributed by atoms with Crippen LogP contribution in [-0.2, 0) is 14.8 Å². The van der Waals surface area contributed by atoms with Gasteiger partial charge in [-0.2, -0.15) is 4.31 Å². The summed E-state index contributed by atoms with van der Waals surface area (Å²) in [7, 11) is -3.65. The van der Waals surface area contributed by atoms with Gasteiger partial charge in [-0.15, -0.1) is 10.2 Å². The summed E-state index contributed by atoms with van der Waals surface area (Å²) >= 11 is 1.05. The van der Waals surface area contributed by atoms with E-state index in [1.165, 1.54) is 40.7 Å². The molecule has 1 fully saturated rings. The van der Waals surface area contributed by atoms with Crippen LogP contribution in [-0.4, -0.2) is 60.8 Å². The molecule has 3 aromatic rings. The fourth-order valence-electron chi connectivity index (χ4n) is 2.96. The lowest BCUT2D eigenvalue weighted by molar-refractivity contribution is 0.0730. The van der Waals surface area contributed by atoms with Gasteiger partial charge < -0.3 is 9.15 Å². The topological polar surface area (TPSA) is 103 Å². The molecule has 31 heavy (non-hydrogen) atoms. The normalized spacial score (nSPS) is 15.1. The third-order valence-electron chi connectivity index (χ3n) is 4.59. The minimum atomic E-state index is -3.65. The quantitative estimate of drug-likeness (QED) is 0.389. The number of carbonyl (C=O) groups excluding carboxylic acids is 1. The first-order valence-corrected chi connectivity index (χ1v) is 11.8. The number of sulfonamides is 1. The molecule has 0 N–H and O–H groups in total. The number of nitrogens with zero attached hydrogens (tertiary/aromatic N) is 3. The minimum Gasteiger partial charge on any atom is -0.411 e. The van der Waals surface area contributed by atoms with Gasteiger partial charge in [0.2, 0.25) is 15.9 Å². The van der Waals surface area contributed by atoms with Gasteiger partial charge in [0.25, 0.3) is 5.22 Å². The van der Waals surface area contributed by atoms with Crippen molar-refractivity contribution in [3.63, 3.8) is 0 Å². The molecule has 0 radical (unpaired) electrons. The van der Waals surface area contributed by atoms with Gasteiger partial charge in [0.15, 0.2) is 5.78 Å². The van der Waals surface area contributed by atoms with Crippen LogP contribution in [0, 0.1) is 5.82 Å². The van der Waals surface area contributed by atoms with E-state index in [9.17, 15) is 17.6 Å². The van der Waals surface area contributed by atoms with Crippen molar-refractivity contribution in [3.8, 4) is 11.5 Å². The van der Waals surface area contributed by atoms with Crippen molar-refractivity contribution in [1.29, 1.82) is 0 Å². The molecule has 1 aliphatic heterocycles. The summed E-state index contributed by atoms with van der Waals surface area (Å²) in [5.74, 6) is -0.429. The Morgan fingerprint density at radius 1 is 1.10 bits per heavy atom. The van der Waals surface area contributed by atoms with E-state index < -0.39 is 15.8 Å². The number of hydrogen-bond acceptors (Lipinski definition) is 8. The average molecular weight is 464 g/mol. The summed E-state index contributed by atoms with van der Waals surface area (Å²) in [5.41, 5.74) is 0.841. The van der Waals surface area contributed by atoms with Gasteiger partial charge >= 0.3 is 0 Å². The highest BCUT2D eigenvalue weighted by Gasteiger charge is 2.27. The lowest BCUT2D eigenvalue weighted by atomic mass is 10.1. The Morgan fingerprint density at radius 2 is 1.84 bits per heavy atom. The molecule has 11 heteroatoms. The van der Waals surface area contributed by atoms with E-state index in [0.29, 0.717) is 37.4 Å². The molecule has 1 aliphatic rings. The van der Waals surface area contributed by atoms with Crippen molar-refractivity contribution in [3.05, 3.63) is 59.9 Å². The van der Waals surface area contributed by atoms with E-state index in [2.05, 4.69) is 10.2 Å². The number of morpholine rings is 1. The summed E-state index contributed by atoms with van der Waals surface area (Å²) < 4.78 is 50.9. The van der Waals surface area contributed by atoms with Crippen LogP contribution in [0.3, 0.4) is 0 Å². The zero-order chi connectivity index (χ0) is 21.8. The molecule has 4 rings (SSSR count). The number of aromatic nitrogens is 2. The van der Waals surface area contributed by atoms with Crippen LogP contribution in [0.2, 0.25) is 0 Å².